The summed E-state index contributed by atoms with van der Waals surface area (Å²) in [7, 11) is 0. The molecule has 2 aliphatic rings. The van der Waals surface area contributed by atoms with Crippen LogP contribution in [0.4, 0.5) is 0 Å². The van der Waals surface area contributed by atoms with Crippen LogP contribution in [-0.4, -0.2) is 29.9 Å². The molecule has 2 fully saturated rings. The van der Waals surface area contributed by atoms with E-state index in [1.165, 1.54) is 6.42 Å². The lowest BCUT2D eigenvalue weighted by Crippen LogP contribution is -2.38. The molecule has 1 saturated heterocycles. The summed E-state index contributed by atoms with van der Waals surface area (Å²) in [6.45, 7) is 5.59. The van der Waals surface area contributed by atoms with Crippen LogP contribution in [0.25, 0.3) is 0 Å². The number of esters is 1. The van der Waals surface area contributed by atoms with Crippen molar-refractivity contribution in [1.29, 1.82) is 0 Å². The van der Waals surface area contributed by atoms with Gasteiger partial charge in [0.1, 0.15) is 11.9 Å². The fourth-order valence-electron chi connectivity index (χ4n) is 3.23. The fraction of sp³-hybridized carbons (Fsp3) is 0.857. The lowest BCUT2D eigenvalue weighted by Gasteiger charge is -2.29. The Kier molecular flexibility index (Phi) is 3.76. The normalized spacial score (nSPS) is 35.9. The molecular formula is C14H23NO3. The number of hydrogen-bond acceptors (Lipinski definition) is 4. The highest BCUT2D eigenvalue weighted by Crippen LogP contribution is 2.38. The SMILES string of the molecule is CC(C)(C)OC(=O)C1[C@@H](C=O)N[C@H]2CCCC[C@@H]12. The van der Waals surface area contributed by atoms with Crippen molar-refractivity contribution in [3.8, 4) is 0 Å². The Morgan fingerprint density at radius 2 is 1.94 bits per heavy atom. The third-order valence-corrected chi connectivity index (χ3v) is 3.90. The second-order valence-corrected chi connectivity index (χ2v) is 6.44. The van der Waals surface area contributed by atoms with Gasteiger partial charge in [-0.1, -0.05) is 12.8 Å². The summed E-state index contributed by atoms with van der Waals surface area (Å²) < 4.78 is 5.46. The van der Waals surface area contributed by atoms with Crippen LogP contribution in [0.1, 0.15) is 46.5 Å². The molecule has 0 aromatic carbocycles. The third kappa shape index (κ3) is 2.74. The van der Waals surface area contributed by atoms with Crippen molar-refractivity contribution in [3.05, 3.63) is 0 Å². The maximum Gasteiger partial charge on any atom is 0.311 e. The molecule has 102 valence electrons. The van der Waals surface area contributed by atoms with E-state index < -0.39 is 5.60 Å². The largest absolute Gasteiger partial charge is 0.460 e. The van der Waals surface area contributed by atoms with Crippen molar-refractivity contribution >= 4 is 12.3 Å². The minimum absolute atomic E-state index is 0.221. The molecule has 18 heavy (non-hydrogen) atoms. The molecular weight excluding hydrogens is 230 g/mol. The topological polar surface area (TPSA) is 55.4 Å². The maximum atomic E-state index is 12.3. The fourth-order valence-corrected chi connectivity index (χ4v) is 3.23. The number of ether oxygens (including phenoxy) is 1. The number of carbonyl (C=O) groups is 2. The Bertz CT molecular complexity index is 334. The lowest BCUT2D eigenvalue weighted by atomic mass is 9.78. The molecule has 1 heterocycles. The van der Waals surface area contributed by atoms with Gasteiger partial charge in [0, 0.05) is 6.04 Å². The van der Waals surface area contributed by atoms with Gasteiger partial charge in [-0.25, -0.2) is 0 Å². The molecule has 0 aromatic rings. The van der Waals surface area contributed by atoms with Crippen LogP contribution in [0.2, 0.25) is 0 Å². The average Bonchev–Trinajstić information content (AvgIpc) is 2.64. The third-order valence-electron chi connectivity index (χ3n) is 3.90. The predicted molar refractivity (Wildman–Crippen MR) is 68.1 cm³/mol. The minimum atomic E-state index is -0.489. The molecule has 0 radical (unpaired) electrons. The quantitative estimate of drug-likeness (QED) is 0.601. The summed E-state index contributed by atoms with van der Waals surface area (Å²) in [4.78, 5) is 23.4. The lowest BCUT2D eigenvalue weighted by molar-refractivity contribution is -0.162. The number of carbonyl (C=O) groups excluding carboxylic acids is 2. The van der Waals surface area contributed by atoms with E-state index in [0.29, 0.717) is 6.04 Å². The van der Waals surface area contributed by atoms with Crippen LogP contribution in [0, 0.1) is 11.8 Å². The standard InChI is InChI=1S/C14H23NO3/c1-14(2,3)18-13(17)12-9-6-4-5-7-10(9)15-11(12)8-16/h8-12,15H,4-7H2,1-3H3/t9-,10+,11-,12?/m1/s1. The summed E-state index contributed by atoms with van der Waals surface area (Å²) in [6, 6.07) is -0.0561. The summed E-state index contributed by atoms with van der Waals surface area (Å²) in [6.07, 6.45) is 5.28. The van der Waals surface area contributed by atoms with Crippen molar-refractivity contribution < 1.29 is 14.3 Å². The first kappa shape index (κ1) is 13.5. The second kappa shape index (κ2) is 5.00. The number of nitrogens with one attached hydrogen (secondary N) is 1. The molecule has 1 saturated carbocycles. The molecule has 1 aliphatic carbocycles. The van der Waals surface area contributed by atoms with Gasteiger partial charge in [0.2, 0.25) is 0 Å². The Hall–Kier alpha value is -0.900. The van der Waals surface area contributed by atoms with Crippen molar-refractivity contribution in [2.24, 2.45) is 11.8 Å². The van der Waals surface area contributed by atoms with Crippen molar-refractivity contribution in [3.63, 3.8) is 0 Å². The molecule has 1 N–H and O–H groups in total. The summed E-state index contributed by atoms with van der Waals surface area (Å²) in [5.74, 6) is -0.252. The average molecular weight is 253 g/mol. The van der Waals surface area contributed by atoms with Gasteiger partial charge in [0.15, 0.2) is 0 Å². The van der Waals surface area contributed by atoms with Gasteiger partial charge in [0.05, 0.1) is 12.0 Å². The van der Waals surface area contributed by atoms with Crippen molar-refractivity contribution in [2.75, 3.05) is 0 Å². The molecule has 1 unspecified atom stereocenters. The van der Waals surface area contributed by atoms with Crippen LogP contribution >= 0.6 is 0 Å². The molecule has 1 aliphatic heterocycles. The van der Waals surface area contributed by atoms with Crippen LogP contribution < -0.4 is 5.32 Å². The first-order chi connectivity index (χ1) is 8.42. The van der Waals surface area contributed by atoms with E-state index in [1.54, 1.807) is 0 Å². The Labute approximate surface area is 108 Å². The van der Waals surface area contributed by atoms with Crippen LogP contribution in [-0.2, 0) is 14.3 Å². The van der Waals surface area contributed by atoms with E-state index in [9.17, 15) is 9.59 Å². The molecule has 0 aromatic heterocycles. The maximum absolute atomic E-state index is 12.3. The van der Waals surface area contributed by atoms with Gasteiger partial charge in [-0.05, 0) is 39.5 Å². The van der Waals surface area contributed by atoms with Gasteiger partial charge in [-0.15, -0.1) is 0 Å². The highest BCUT2D eigenvalue weighted by atomic mass is 16.6. The summed E-state index contributed by atoms with van der Waals surface area (Å²) >= 11 is 0. The number of fused-ring (bicyclic) bond motifs is 1. The Morgan fingerprint density at radius 3 is 2.56 bits per heavy atom. The zero-order valence-electron chi connectivity index (χ0n) is 11.4. The van der Waals surface area contributed by atoms with Gasteiger partial charge < -0.3 is 14.8 Å². The minimum Gasteiger partial charge on any atom is -0.460 e. The second-order valence-electron chi connectivity index (χ2n) is 6.44. The van der Waals surface area contributed by atoms with Gasteiger partial charge in [-0.3, -0.25) is 4.79 Å². The molecule has 0 amide bonds. The van der Waals surface area contributed by atoms with E-state index >= 15 is 0 Å². The van der Waals surface area contributed by atoms with E-state index in [-0.39, 0.29) is 23.8 Å². The van der Waals surface area contributed by atoms with E-state index in [4.69, 9.17) is 4.74 Å². The number of hydrogen-bond donors (Lipinski definition) is 1. The Balaban J connectivity index is 2.12. The Morgan fingerprint density at radius 1 is 1.28 bits per heavy atom. The molecule has 0 spiro atoms. The van der Waals surface area contributed by atoms with Gasteiger partial charge in [-0.2, -0.15) is 0 Å². The predicted octanol–water partition coefficient (Wildman–Crippen LogP) is 1.67. The van der Waals surface area contributed by atoms with Gasteiger partial charge >= 0.3 is 5.97 Å². The molecule has 4 atom stereocenters. The summed E-state index contributed by atoms with van der Waals surface area (Å²) in [5, 5.41) is 3.29. The zero-order chi connectivity index (χ0) is 13.3. The first-order valence-corrected chi connectivity index (χ1v) is 6.86. The van der Waals surface area contributed by atoms with Crippen molar-refractivity contribution in [2.45, 2.75) is 64.1 Å². The van der Waals surface area contributed by atoms with Crippen LogP contribution in [0.15, 0.2) is 0 Å². The molecule has 4 nitrogen and oxygen atoms in total. The highest BCUT2D eigenvalue weighted by molar-refractivity contribution is 5.80. The van der Waals surface area contributed by atoms with Gasteiger partial charge in [0.25, 0.3) is 0 Å². The zero-order valence-corrected chi connectivity index (χ0v) is 11.4. The highest BCUT2D eigenvalue weighted by Gasteiger charge is 2.48. The smallest absolute Gasteiger partial charge is 0.311 e. The van der Waals surface area contributed by atoms with Crippen molar-refractivity contribution in [1.82, 2.24) is 5.32 Å². The number of aldehydes is 1. The van der Waals surface area contributed by atoms with Crippen LogP contribution in [0.3, 0.4) is 0 Å². The molecule has 2 rings (SSSR count). The monoisotopic (exact) mass is 253 g/mol. The number of rotatable bonds is 2. The first-order valence-electron chi connectivity index (χ1n) is 6.86. The van der Waals surface area contributed by atoms with E-state index in [2.05, 4.69) is 5.32 Å². The van der Waals surface area contributed by atoms with Crippen LogP contribution in [0.5, 0.6) is 0 Å². The van der Waals surface area contributed by atoms with E-state index in [1.807, 2.05) is 20.8 Å². The molecule has 0 bridgehead atoms. The summed E-state index contributed by atoms with van der Waals surface area (Å²) in [5.41, 5.74) is -0.489. The van der Waals surface area contributed by atoms with E-state index in [0.717, 1.165) is 25.5 Å². The molecule has 4 heteroatoms.